The molecule has 1 heterocycles. The quantitative estimate of drug-likeness (QED) is 0.111. The van der Waals surface area contributed by atoms with Crippen molar-refractivity contribution in [2.45, 2.75) is 12.1 Å². The molecule has 1 N–H and O–H groups in total. The molecule has 38 heavy (non-hydrogen) atoms. The van der Waals surface area contributed by atoms with Crippen molar-refractivity contribution >= 4 is 52.8 Å². The van der Waals surface area contributed by atoms with Gasteiger partial charge < -0.3 is 4.74 Å². The molecule has 0 aliphatic heterocycles. The van der Waals surface area contributed by atoms with Gasteiger partial charge in [-0.2, -0.15) is 5.10 Å². The standard InChI is InChI=1S/C25H20Cl2N6O4S/c1-2-37-21-10-7-19(8-11-21)32-24(16-3-5-18(26)6-4-16)30-31-25(32)38-15-23(34)29-28-14-17-13-20(33(35)36)9-12-22(17)27/h3-14H,2,15H2,1H3,(H,29,34). The molecular formula is C25H20Cl2N6O4S. The molecule has 0 fully saturated rings. The van der Waals surface area contributed by atoms with Crippen LogP contribution in [0.3, 0.4) is 0 Å². The second kappa shape index (κ2) is 12.5. The Kier molecular flexibility index (Phi) is 8.95. The van der Waals surface area contributed by atoms with Gasteiger partial charge in [-0.1, -0.05) is 35.0 Å². The van der Waals surface area contributed by atoms with Gasteiger partial charge in [-0.25, -0.2) is 5.43 Å². The Balaban J connectivity index is 1.51. The topological polar surface area (TPSA) is 125 Å². The molecule has 0 radical (unpaired) electrons. The van der Waals surface area contributed by atoms with Gasteiger partial charge in [0.15, 0.2) is 11.0 Å². The van der Waals surface area contributed by atoms with Crippen LogP contribution in [0.5, 0.6) is 5.75 Å². The molecule has 0 aliphatic carbocycles. The summed E-state index contributed by atoms with van der Waals surface area (Å²) >= 11 is 13.3. The number of thioether (sulfide) groups is 1. The first-order chi connectivity index (χ1) is 18.4. The SMILES string of the molecule is CCOc1ccc(-n2c(SCC(=O)NN=Cc3cc([N+](=O)[O-])ccc3Cl)nnc2-c2ccc(Cl)cc2)cc1. The molecule has 0 spiro atoms. The number of hydrazone groups is 1. The Morgan fingerprint density at radius 3 is 2.55 bits per heavy atom. The number of hydrogen-bond acceptors (Lipinski definition) is 8. The second-order valence-corrected chi connectivity index (χ2v) is 9.41. The molecular weight excluding hydrogens is 551 g/mol. The number of non-ortho nitro benzene ring substituents is 1. The molecule has 0 saturated heterocycles. The molecule has 4 rings (SSSR count). The van der Waals surface area contributed by atoms with Crippen LogP contribution in [0, 0.1) is 10.1 Å². The Morgan fingerprint density at radius 2 is 1.87 bits per heavy atom. The fourth-order valence-corrected chi connectivity index (χ4v) is 4.36. The van der Waals surface area contributed by atoms with Gasteiger partial charge in [-0.3, -0.25) is 19.5 Å². The summed E-state index contributed by atoms with van der Waals surface area (Å²) in [5, 5.41) is 24.8. The smallest absolute Gasteiger partial charge is 0.270 e. The van der Waals surface area contributed by atoms with Crippen LogP contribution >= 0.6 is 35.0 Å². The molecule has 194 valence electrons. The summed E-state index contributed by atoms with van der Waals surface area (Å²) in [6.45, 7) is 2.46. The van der Waals surface area contributed by atoms with Gasteiger partial charge in [-0.05, 0) is 61.5 Å². The number of benzene rings is 3. The maximum absolute atomic E-state index is 12.5. The maximum atomic E-state index is 12.5. The summed E-state index contributed by atoms with van der Waals surface area (Å²) in [4.78, 5) is 22.9. The van der Waals surface area contributed by atoms with Crippen molar-refractivity contribution in [3.63, 3.8) is 0 Å². The molecule has 0 saturated carbocycles. The largest absolute Gasteiger partial charge is 0.494 e. The van der Waals surface area contributed by atoms with E-state index in [1.807, 2.05) is 47.9 Å². The van der Waals surface area contributed by atoms with E-state index in [1.54, 1.807) is 12.1 Å². The zero-order chi connectivity index (χ0) is 27.1. The number of carbonyl (C=O) groups is 1. The number of ether oxygens (including phenoxy) is 1. The summed E-state index contributed by atoms with van der Waals surface area (Å²) in [6.07, 6.45) is 1.25. The molecule has 0 aliphatic rings. The van der Waals surface area contributed by atoms with Crippen LogP contribution in [-0.2, 0) is 4.79 Å². The van der Waals surface area contributed by atoms with Crippen molar-refractivity contribution in [2.24, 2.45) is 5.10 Å². The predicted molar refractivity (Wildman–Crippen MR) is 148 cm³/mol. The minimum Gasteiger partial charge on any atom is -0.494 e. The number of hydrogen-bond donors (Lipinski definition) is 1. The highest BCUT2D eigenvalue weighted by atomic mass is 35.5. The fraction of sp³-hybridized carbons (Fsp3) is 0.120. The van der Waals surface area contributed by atoms with Gasteiger partial charge in [-0.15, -0.1) is 10.2 Å². The van der Waals surface area contributed by atoms with E-state index < -0.39 is 10.8 Å². The van der Waals surface area contributed by atoms with Gasteiger partial charge in [0.05, 0.1) is 23.5 Å². The molecule has 1 aromatic heterocycles. The molecule has 3 aromatic carbocycles. The summed E-state index contributed by atoms with van der Waals surface area (Å²) in [5.74, 6) is 0.873. The van der Waals surface area contributed by atoms with Gasteiger partial charge in [0.25, 0.3) is 11.6 Å². The molecule has 13 heteroatoms. The third kappa shape index (κ3) is 6.68. The lowest BCUT2D eigenvalue weighted by Crippen LogP contribution is -2.20. The summed E-state index contributed by atoms with van der Waals surface area (Å²) in [5.41, 5.74) is 4.14. The average molecular weight is 571 g/mol. The van der Waals surface area contributed by atoms with Gasteiger partial charge in [0.1, 0.15) is 5.75 Å². The van der Waals surface area contributed by atoms with Crippen LogP contribution in [0.4, 0.5) is 5.69 Å². The minimum atomic E-state index is -0.540. The van der Waals surface area contributed by atoms with Crippen molar-refractivity contribution in [3.8, 4) is 22.8 Å². The van der Waals surface area contributed by atoms with E-state index in [2.05, 4.69) is 20.7 Å². The number of aromatic nitrogens is 3. The molecule has 4 aromatic rings. The number of nitro groups is 1. The molecule has 0 atom stereocenters. The lowest BCUT2D eigenvalue weighted by molar-refractivity contribution is -0.384. The molecule has 0 bridgehead atoms. The molecule has 10 nitrogen and oxygen atoms in total. The Labute approximate surface area is 231 Å². The first-order valence-corrected chi connectivity index (χ1v) is 12.9. The van der Waals surface area contributed by atoms with E-state index >= 15 is 0 Å². The zero-order valence-corrected chi connectivity index (χ0v) is 22.2. The Morgan fingerprint density at radius 1 is 1.13 bits per heavy atom. The number of rotatable bonds is 10. The minimum absolute atomic E-state index is 0.0181. The number of carbonyl (C=O) groups excluding carboxylic acids is 1. The number of nitrogens with one attached hydrogen (secondary N) is 1. The summed E-state index contributed by atoms with van der Waals surface area (Å²) in [6, 6.07) is 18.6. The normalized spacial score (nSPS) is 11.0. The number of nitrogens with zero attached hydrogens (tertiary/aromatic N) is 5. The predicted octanol–water partition coefficient (Wildman–Crippen LogP) is 5.79. The van der Waals surface area contributed by atoms with Crippen LogP contribution in [-0.4, -0.2) is 44.2 Å². The third-order valence-corrected chi connectivity index (χ3v) is 6.58. The zero-order valence-electron chi connectivity index (χ0n) is 19.9. The fourth-order valence-electron chi connectivity index (χ4n) is 3.32. The van der Waals surface area contributed by atoms with Crippen molar-refractivity contribution < 1.29 is 14.5 Å². The van der Waals surface area contributed by atoms with Gasteiger partial charge in [0, 0.05) is 39.0 Å². The van der Waals surface area contributed by atoms with Gasteiger partial charge in [0.2, 0.25) is 0 Å². The summed E-state index contributed by atoms with van der Waals surface area (Å²) in [7, 11) is 0. The van der Waals surface area contributed by atoms with Crippen molar-refractivity contribution in [2.75, 3.05) is 12.4 Å². The Hall–Kier alpha value is -3.93. The maximum Gasteiger partial charge on any atom is 0.270 e. The van der Waals surface area contributed by atoms with E-state index in [4.69, 9.17) is 27.9 Å². The van der Waals surface area contributed by atoms with E-state index in [0.29, 0.717) is 28.2 Å². The number of amides is 1. The second-order valence-electron chi connectivity index (χ2n) is 7.62. The molecule has 0 unspecified atom stereocenters. The highest BCUT2D eigenvalue weighted by Crippen LogP contribution is 2.29. The van der Waals surface area contributed by atoms with Crippen LogP contribution in [0.1, 0.15) is 12.5 Å². The van der Waals surface area contributed by atoms with Gasteiger partial charge >= 0.3 is 0 Å². The number of nitro benzene ring substituents is 1. The third-order valence-electron chi connectivity index (χ3n) is 5.06. The van der Waals surface area contributed by atoms with Crippen molar-refractivity contribution in [3.05, 3.63) is 92.5 Å². The summed E-state index contributed by atoms with van der Waals surface area (Å²) < 4.78 is 7.38. The van der Waals surface area contributed by atoms with Crippen LogP contribution in [0.2, 0.25) is 10.0 Å². The lowest BCUT2D eigenvalue weighted by atomic mass is 10.2. The van der Waals surface area contributed by atoms with E-state index in [9.17, 15) is 14.9 Å². The molecule has 1 amide bonds. The highest BCUT2D eigenvalue weighted by molar-refractivity contribution is 7.99. The van der Waals surface area contributed by atoms with Crippen LogP contribution in [0.25, 0.3) is 17.1 Å². The highest BCUT2D eigenvalue weighted by Gasteiger charge is 2.18. The monoisotopic (exact) mass is 570 g/mol. The van der Waals surface area contributed by atoms with Crippen LogP contribution in [0.15, 0.2) is 77.0 Å². The first kappa shape index (κ1) is 27.1. The van der Waals surface area contributed by atoms with Crippen molar-refractivity contribution in [1.29, 1.82) is 0 Å². The first-order valence-electron chi connectivity index (χ1n) is 11.2. The number of halogens is 2. The average Bonchev–Trinajstić information content (AvgIpc) is 3.33. The van der Waals surface area contributed by atoms with E-state index in [0.717, 1.165) is 17.0 Å². The Bertz CT molecular complexity index is 1480. The van der Waals surface area contributed by atoms with E-state index in [-0.39, 0.29) is 16.5 Å². The lowest BCUT2D eigenvalue weighted by Gasteiger charge is -2.11. The van der Waals surface area contributed by atoms with Crippen molar-refractivity contribution in [1.82, 2.24) is 20.2 Å². The van der Waals surface area contributed by atoms with Crippen LogP contribution < -0.4 is 10.2 Å². The van der Waals surface area contributed by atoms with E-state index in [1.165, 1.54) is 36.2 Å².